The number of esters is 1. The summed E-state index contributed by atoms with van der Waals surface area (Å²) in [5, 5.41) is 18.1. The Balaban J connectivity index is 1.25. The van der Waals surface area contributed by atoms with Gasteiger partial charge in [0.25, 0.3) is 5.91 Å². The summed E-state index contributed by atoms with van der Waals surface area (Å²) < 4.78 is 33.9. The molecule has 3 fully saturated rings. The SMILES string of the molecule is Cc1cn2nc([C@@H]3CCCCN3C(=O)c3cc(Cl)ccc3NS(C)(=O)=O)cc2nc1N1C[C@@H](C#N)[C@@H](OC(=O)[C@H]2CCCN2)C1. The predicted octanol–water partition coefficient (Wildman–Crippen LogP) is 3.05. The van der Waals surface area contributed by atoms with E-state index < -0.39 is 22.0 Å². The topological polar surface area (TPSA) is 162 Å². The predicted molar refractivity (Wildman–Crippen MR) is 167 cm³/mol. The van der Waals surface area contributed by atoms with E-state index in [1.54, 1.807) is 9.42 Å². The Labute approximate surface area is 266 Å². The third-order valence-corrected chi connectivity index (χ3v) is 9.41. The summed E-state index contributed by atoms with van der Waals surface area (Å²) in [5.41, 5.74) is 2.41. The lowest BCUT2D eigenvalue weighted by molar-refractivity contribution is -0.151. The van der Waals surface area contributed by atoms with Gasteiger partial charge in [0.05, 0.1) is 41.9 Å². The number of aromatic nitrogens is 3. The van der Waals surface area contributed by atoms with Crippen molar-refractivity contribution in [3.63, 3.8) is 0 Å². The molecule has 0 spiro atoms. The van der Waals surface area contributed by atoms with Gasteiger partial charge in [0.2, 0.25) is 10.0 Å². The highest BCUT2D eigenvalue weighted by Crippen LogP contribution is 2.35. The van der Waals surface area contributed by atoms with Gasteiger partial charge >= 0.3 is 5.97 Å². The van der Waals surface area contributed by atoms with E-state index >= 15 is 0 Å². The molecular weight excluding hydrogens is 620 g/mol. The van der Waals surface area contributed by atoms with Crippen LogP contribution in [0.4, 0.5) is 11.5 Å². The maximum atomic E-state index is 13.9. The fraction of sp³-hybridized carbons (Fsp3) is 0.500. The molecule has 2 aromatic heterocycles. The second kappa shape index (κ2) is 12.5. The van der Waals surface area contributed by atoms with E-state index in [4.69, 9.17) is 26.4 Å². The fourth-order valence-corrected chi connectivity index (χ4v) is 7.18. The molecule has 0 aliphatic carbocycles. The molecular formula is C30H35ClN8O5S. The number of halogens is 1. The zero-order valence-electron chi connectivity index (χ0n) is 25.1. The molecule has 45 heavy (non-hydrogen) atoms. The van der Waals surface area contributed by atoms with Gasteiger partial charge in [-0.3, -0.25) is 14.3 Å². The van der Waals surface area contributed by atoms with Gasteiger partial charge in [-0.25, -0.2) is 17.9 Å². The van der Waals surface area contributed by atoms with E-state index in [9.17, 15) is 23.3 Å². The Morgan fingerprint density at radius 3 is 2.73 bits per heavy atom. The van der Waals surface area contributed by atoms with Gasteiger partial charge in [0.15, 0.2) is 5.65 Å². The van der Waals surface area contributed by atoms with Gasteiger partial charge in [0, 0.05) is 35.9 Å². The van der Waals surface area contributed by atoms with E-state index in [2.05, 4.69) is 16.1 Å². The number of nitrogens with zero attached hydrogens (tertiary/aromatic N) is 6. The van der Waals surface area contributed by atoms with Gasteiger partial charge < -0.3 is 19.9 Å². The Morgan fingerprint density at radius 2 is 2.00 bits per heavy atom. The van der Waals surface area contributed by atoms with Crippen molar-refractivity contribution in [1.82, 2.24) is 24.8 Å². The number of carbonyl (C=O) groups is 2. The first kappa shape index (κ1) is 31.1. The molecule has 4 atom stereocenters. The summed E-state index contributed by atoms with van der Waals surface area (Å²) in [7, 11) is -3.63. The van der Waals surface area contributed by atoms with Crippen LogP contribution in [0.15, 0.2) is 30.5 Å². The van der Waals surface area contributed by atoms with Crippen molar-refractivity contribution in [3.8, 4) is 6.07 Å². The van der Waals surface area contributed by atoms with Crippen LogP contribution in [0, 0.1) is 24.2 Å². The molecule has 2 N–H and O–H groups in total. The second-order valence-corrected chi connectivity index (χ2v) is 14.1. The molecule has 3 saturated heterocycles. The van der Waals surface area contributed by atoms with Crippen LogP contribution in [0.25, 0.3) is 5.65 Å². The number of fused-ring (bicyclic) bond motifs is 1. The van der Waals surface area contributed by atoms with Crippen LogP contribution in [-0.2, 0) is 19.6 Å². The number of carbonyl (C=O) groups excluding carboxylic acids is 2. The van der Waals surface area contributed by atoms with Crippen LogP contribution in [-0.4, -0.2) is 84.4 Å². The quantitative estimate of drug-likeness (QED) is 0.362. The largest absolute Gasteiger partial charge is 0.458 e. The normalized spacial score (nSPS) is 23.7. The van der Waals surface area contributed by atoms with Crippen molar-refractivity contribution in [2.45, 2.75) is 57.2 Å². The lowest BCUT2D eigenvalue weighted by atomic mass is 9.98. The molecule has 0 saturated carbocycles. The van der Waals surface area contributed by atoms with Crippen molar-refractivity contribution < 1.29 is 22.7 Å². The summed E-state index contributed by atoms with van der Waals surface area (Å²) in [4.78, 5) is 35.1. The lowest BCUT2D eigenvalue weighted by Gasteiger charge is -2.35. The smallest absolute Gasteiger partial charge is 0.323 e. The van der Waals surface area contributed by atoms with Crippen LogP contribution in [0.1, 0.15) is 59.8 Å². The van der Waals surface area contributed by atoms with E-state index in [0.29, 0.717) is 48.2 Å². The third kappa shape index (κ3) is 6.56. The molecule has 3 aliphatic rings. The van der Waals surface area contributed by atoms with Crippen LogP contribution < -0.4 is 14.9 Å². The average Bonchev–Trinajstić information content (AvgIpc) is 3.77. The molecule has 1 amide bonds. The van der Waals surface area contributed by atoms with Crippen molar-refractivity contribution in [2.75, 3.05) is 42.1 Å². The van der Waals surface area contributed by atoms with Gasteiger partial charge in [-0.1, -0.05) is 11.6 Å². The number of benzene rings is 1. The molecule has 0 bridgehead atoms. The highest BCUT2D eigenvalue weighted by Gasteiger charge is 2.39. The summed E-state index contributed by atoms with van der Waals surface area (Å²) in [5.74, 6) is -0.464. The van der Waals surface area contributed by atoms with Crippen LogP contribution >= 0.6 is 11.6 Å². The number of sulfonamides is 1. The first-order valence-electron chi connectivity index (χ1n) is 15.0. The van der Waals surface area contributed by atoms with Crippen LogP contribution in [0.3, 0.4) is 0 Å². The number of nitriles is 1. The highest BCUT2D eigenvalue weighted by atomic mass is 35.5. The average molecular weight is 655 g/mol. The fourth-order valence-electron chi connectivity index (χ4n) is 6.43. The van der Waals surface area contributed by atoms with E-state index in [1.165, 1.54) is 18.2 Å². The molecule has 6 rings (SSSR count). The molecule has 1 aromatic carbocycles. The van der Waals surface area contributed by atoms with E-state index in [1.807, 2.05) is 24.1 Å². The number of hydrogen-bond donors (Lipinski definition) is 2. The molecule has 0 unspecified atom stereocenters. The second-order valence-electron chi connectivity index (χ2n) is 12.0. The molecule has 0 radical (unpaired) electrons. The number of anilines is 2. The summed E-state index contributed by atoms with van der Waals surface area (Å²) in [6.45, 7) is 3.91. The number of aryl methyl sites for hydroxylation is 1. The number of piperidine rings is 1. The molecule has 15 heteroatoms. The van der Waals surface area contributed by atoms with Crippen molar-refractivity contribution in [3.05, 3.63) is 52.3 Å². The molecule has 5 heterocycles. The lowest BCUT2D eigenvalue weighted by Crippen LogP contribution is -2.39. The first-order valence-corrected chi connectivity index (χ1v) is 17.3. The van der Waals surface area contributed by atoms with Crippen molar-refractivity contribution >= 4 is 50.7 Å². The molecule has 238 valence electrons. The van der Waals surface area contributed by atoms with Gasteiger partial charge in [-0.15, -0.1) is 0 Å². The number of likely N-dealkylation sites (tertiary alicyclic amines) is 1. The highest BCUT2D eigenvalue weighted by molar-refractivity contribution is 7.92. The third-order valence-electron chi connectivity index (χ3n) is 8.58. The Hall–Kier alpha value is -3.93. The minimum Gasteiger partial charge on any atom is -0.458 e. The number of rotatable bonds is 7. The minimum absolute atomic E-state index is 0.165. The monoisotopic (exact) mass is 654 g/mol. The molecule has 13 nitrogen and oxygen atoms in total. The van der Waals surface area contributed by atoms with Crippen LogP contribution in [0.2, 0.25) is 5.02 Å². The summed E-state index contributed by atoms with van der Waals surface area (Å²) >= 11 is 6.22. The van der Waals surface area contributed by atoms with Gasteiger partial charge in [-0.05, 0) is 63.8 Å². The van der Waals surface area contributed by atoms with Crippen molar-refractivity contribution in [1.29, 1.82) is 5.26 Å². The number of amides is 1. The van der Waals surface area contributed by atoms with E-state index in [0.717, 1.165) is 44.0 Å². The summed E-state index contributed by atoms with van der Waals surface area (Å²) in [6.07, 6.45) is 6.35. The maximum absolute atomic E-state index is 13.9. The summed E-state index contributed by atoms with van der Waals surface area (Å²) in [6, 6.07) is 7.96. The number of ether oxygens (including phenoxy) is 1. The molecule has 3 aliphatic heterocycles. The Morgan fingerprint density at radius 1 is 1.18 bits per heavy atom. The standard InChI is InChI=1S/C30H35ClN8O5S/c1-18-15-39-27(34-28(18)37-16-19(14-32)26(17-37)44-30(41)23-6-5-10-33-23)13-24(35-39)25-7-3-4-11-38(25)29(40)21-12-20(31)8-9-22(21)36-45(2,42)43/h8-9,12-13,15,19,23,25-26,33,36H,3-7,10-11,16-17H2,1-2H3/t19-,23-,25+,26+/m1/s1. The van der Waals surface area contributed by atoms with Crippen molar-refractivity contribution in [2.24, 2.45) is 5.92 Å². The Bertz CT molecular complexity index is 1780. The zero-order valence-corrected chi connectivity index (χ0v) is 26.6. The number of hydrogen-bond acceptors (Lipinski definition) is 10. The Kier molecular flexibility index (Phi) is 8.60. The maximum Gasteiger partial charge on any atom is 0.323 e. The van der Waals surface area contributed by atoms with E-state index in [-0.39, 0.29) is 35.2 Å². The number of nitrogens with one attached hydrogen (secondary N) is 2. The minimum atomic E-state index is -3.63. The zero-order chi connectivity index (χ0) is 31.9. The van der Waals surface area contributed by atoms with Gasteiger partial charge in [0.1, 0.15) is 23.9 Å². The van der Waals surface area contributed by atoms with Gasteiger partial charge in [-0.2, -0.15) is 10.4 Å². The first-order chi connectivity index (χ1) is 21.5. The molecule has 3 aromatic rings. The van der Waals surface area contributed by atoms with Crippen LogP contribution in [0.5, 0.6) is 0 Å².